The predicted molar refractivity (Wildman–Crippen MR) is 83.3 cm³/mol. The Morgan fingerprint density at radius 3 is 2.79 bits per heavy atom. The van der Waals surface area contributed by atoms with Crippen LogP contribution in [0.1, 0.15) is 32.8 Å². The van der Waals surface area contributed by atoms with E-state index < -0.39 is 0 Å². The number of rotatable bonds is 6. The van der Waals surface area contributed by atoms with Crippen molar-refractivity contribution in [3.8, 4) is 0 Å². The van der Waals surface area contributed by atoms with Gasteiger partial charge in [-0.05, 0) is 23.4 Å². The lowest BCUT2D eigenvalue weighted by Crippen LogP contribution is -2.22. The first kappa shape index (κ1) is 13.9. The Hall–Kier alpha value is -1.54. The zero-order chi connectivity index (χ0) is 13.8. The molecule has 1 aromatic carbocycles. The highest BCUT2D eigenvalue weighted by Crippen LogP contribution is 2.21. The van der Waals surface area contributed by atoms with Crippen molar-refractivity contribution >= 4 is 10.9 Å². The monoisotopic (exact) mass is 256 g/mol. The Balaban J connectivity index is 2.34. The summed E-state index contributed by atoms with van der Waals surface area (Å²) < 4.78 is 2.32. The standard InChI is InChI=1S/C17H24N2/c1-5-14(4)12-19-10-9-15-7-6-8-16(17(15)19)11-18-13(2)3/h6-10,13,18H,4-5,11-12H2,1-3H3. The van der Waals surface area contributed by atoms with E-state index in [1.807, 2.05) is 0 Å². The van der Waals surface area contributed by atoms with Gasteiger partial charge in [0.15, 0.2) is 0 Å². The minimum absolute atomic E-state index is 0.504. The number of hydrogen-bond donors (Lipinski definition) is 1. The van der Waals surface area contributed by atoms with E-state index >= 15 is 0 Å². The van der Waals surface area contributed by atoms with E-state index in [0.29, 0.717) is 6.04 Å². The largest absolute Gasteiger partial charge is 0.343 e. The Labute approximate surface area is 116 Å². The highest BCUT2D eigenvalue weighted by molar-refractivity contribution is 5.83. The van der Waals surface area contributed by atoms with Crippen LogP contribution in [0.15, 0.2) is 42.6 Å². The van der Waals surface area contributed by atoms with E-state index in [1.165, 1.54) is 22.0 Å². The van der Waals surface area contributed by atoms with Crippen LogP contribution in [-0.4, -0.2) is 10.6 Å². The lowest BCUT2D eigenvalue weighted by molar-refractivity contribution is 0.589. The van der Waals surface area contributed by atoms with E-state index in [1.54, 1.807) is 0 Å². The van der Waals surface area contributed by atoms with Crippen molar-refractivity contribution in [3.63, 3.8) is 0 Å². The molecule has 1 heterocycles. The van der Waals surface area contributed by atoms with Gasteiger partial charge in [-0.2, -0.15) is 0 Å². The summed E-state index contributed by atoms with van der Waals surface area (Å²) in [6.07, 6.45) is 3.20. The molecule has 0 fully saturated rings. The average molecular weight is 256 g/mol. The molecule has 0 amide bonds. The normalized spacial score (nSPS) is 11.4. The smallest absolute Gasteiger partial charge is 0.0528 e. The average Bonchev–Trinajstić information content (AvgIpc) is 2.80. The summed E-state index contributed by atoms with van der Waals surface area (Å²) in [6, 6.07) is 9.22. The van der Waals surface area contributed by atoms with Crippen LogP contribution in [0.3, 0.4) is 0 Å². The highest BCUT2D eigenvalue weighted by Gasteiger charge is 2.07. The fourth-order valence-electron chi connectivity index (χ4n) is 2.28. The third kappa shape index (κ3) is 3.27. The second kappa shape index (κ2) is 6.07. The van der Waals surface area contributed by atoms with Crippen molar-refractivity contribution in [2.45, 2.75) is 46.3 Å². The molecule has 0 aliphatic rings. The van der Waals surface area contributed by atoms with E-state index in [9.17, 15) is 0 Å². The quantitative estimate of drug-likeness (QED) is 0.770. The molecule has 2 rings (SSSR count). The lowest BCUT2D eigenvalue weighted by Gasteiger charge is -2.13. The Morgan fingerprint density at radius 2 is 2.11 bits per heavy atom. The van der Waals surface area contributed by atoms with E-state index in [2.05, 4.69) is 67.7 Å². The van der Waals surface area contributed by atoms with Crippen molar-refractivity contribution in [1.29, 1.82) is 0 Å². The van der Waals surface area contributed by atoms with Gasteiger partial charge < -0.3 is 9.88 Å². The van der Waals surface area contributed by atoms with Gasteiger partial charge >= 0.3 is 0 Å². The first-order valence-corrected chi connectivity index (χ1v) is 7.08. The van der Waals surface area contributed by atoms with Crippen LogP contribution >= 0.6 is 0 Å². The van der Waals surface area contributed by atoms with Gasteiger partial charge in [0.05, 0.1) is 5.52 Å². The van der Waals surface area contributed by atoms with Crippen LogP contribution in [0.5, 0.6) is 0 Å². The highest BCUT2D eigenvalue weighted by atomic mass is 15.0. The maximum atomic E-state index is 4.12. The molecule has 1 N–H and O–H groups in total. The summed E-state index contributed by atoms with van der Waals surface area (Å²) in [5, 5.41) is 4.81. The van der Waals surface area contributed by atoms with Crippen molar-refractivity contribution in [2.24, 2.45) is 0 Å². The number of nitrogens with zero attached hydrogens (tertiary/aromatic N) is 1. The molecule has 0 radical (unpaired) electrons. The Kier molecular flexibility index (Phi) is 4.43. The molecule has 1 aromatic heterocycles. The van der Waals surface area contributed by atoms with Crippen molar-refractivity contribution < 1.29 is 0 Å². The van der Waals surface area contributed by atoms with E-state index in [0.717, 1.165) is 19.5 Å². The number of para-hydroxylation sites is 1. The van der Waals surface area contributed by atoms with Gasteiger partial charge in [-0.15, -0.1) is 0 Å². The van der Waals surface area contributed by atoms with Crippen LogP contribution in [0.2, 0.25) is 0 Å². The molecule has 0 spiro atoms. The molecular formula is C17H24N2. The number of benzene rings is 1. The van der Waals surface area contributed by atoms with Crippen LogP contribution in [0, 0.1) is 0 Å². The summed E-state index contributed by atoms with van der Waals surface area (Å²) in [5.41, 5.74) is 3.97. The number of nitrogens with one attached hydrogen (secondary N) is 1. The maximum Gasteiger partial charge on any atom is 0.0528 e. The molecule has 0 bridgehead atoms. The van der Waals surface area contributed by atoms with Crippen molar-refractivity contribution in [3.05, 3.63) is 48.2 Å². The van der Waals surface area contributed by atoms with Crippen LogP contribution < -0.4 is 5.32 Å². The third-order valence-corrected chi connectivity index (χ3v) is 3.47. The molecule has 0 unspecified atom stereocenters. The minimum atomic E-state index is 0.504. The van der Waals surface area contributed by atoms with Crippen LogP contribution in [0.25, 0.3) is 10.9 Å². The van der Waals surface area contributed by atoms with Gasteiger partial charge in [-0.1, -0.05) is 51.1 Å². The number of hydrogen-bond acceptors (Lipinski definition) is 1. The molecular weight excluding hydrogens is 232 g/mol. The summed E-state index contributed by atoms with van der Waals surface area (Å²) in [7, 11) is 0. The summed E-state index contributed by atoms with van der Waals surface area (Å²) in [6.45, 7) is 12.5. The number of allylic oxidation sites excluding steroid dienone is 1. The van der Waals surface area contributed by atoms with Gasteiger partial charge in [-0.25, -0.2) is 0 Å². The summed E-state index contributed by atoms with van der Waals surface area (Å²) >= 11 is 0. The predicted octanol–water partition coefficient (Wildman–Crippen LogP) is 4.11. The summed E-state index contributed by atoms with van der Waals surface area (Å²) in [5.74, 6) is 0. The molecule has 2 nitrogen and oxygen atoms in total. The summed E-state index contributed by atoms with van der Waals surface area (Å²) in [4.78, 5) is 0. The topological polar surface area (TPSA) is 17.0 Å². The molecule has 0 saturated carbocycles. The van der Waals surface area contributed by atoms with E-state index in [4.69, 9.17) is 0 Å². The molecule has 102 valence electrons. The van der Waals surface area contributed by atoms with Gasteiger partial charge in [0, 0.05) is 25.3 Å². The fraction of sp³-hybridized carbons (Fsp3) is 0.412. The van der Waals surface area contributed by atoms with Crippen LogP contribution in [0.4, 0.5) is 0 Å². The molecule has 0 saturated heterocycles. The minimum Gasteiger partial charge on any atom is -0.343 e. The Bertz CT molecular complexity index is 564. The second-order valence-electron chi connectivity index (χ2n) is 5.44. The fourth-order valence-corrected chi connectivity index (χ4v) is 2.28. The van der Waals surface area contributed by atoms with Crippen molar-refractivity contribution in [2.75, 3.05) is 0 Å². The SMILES string of the molecule is C=C(CC)Cn1ccc2cccc(CNC(C)C)c21. The molecule has 0 aliphatic heterocycles. The zero-order valence-corrected chi connectivity index (χ0v) is 12.2. The zero-order valence-electron chi connectivity index (χ0n) is 12.2. The third-order valence-electron chi connectivity index (χ3n) is 3.47. The van der Waals surface area contributed by atoms with Gasteiger partial charge in [-0.3, -0.25) is 0 Å². The lowest BCUT2D eigenvalue weighted by atomic mass is 10.1. The molecule has 0 aliphatic carbocycles. The number of fused-ring (bicyclic) bond motifs is 1. The Morgan fingerprint density at radius 1 is 1.32 bits per heavy atom. The first-order valence-electron chi connectivity index (χ1n) is 7.08. The van der Waals surface area contributed by atoms with Crippen LogP contribution in [-0.2, 0) is 13.1 Å². The number of aromatic nitrogens is 1. The first-order chi connectivity index (χ1) is 9.11. The maximum absolute atomic E-state index is 4.12. The molecule has 2 aromatic rings. The van der Waals surface area contributed by atoms with E-state index in [-0.39, 0.29) is 0 Å². The van der Waals surface area contributed by atoms with Gasteiger partial charge in [0.2, 0.25) is 0 Å². The van der Waals surface area contributed by atoms with Gasteiger partial charge in [0.25, 0.3) is 0 Å². The van der Waals surface area contributed by atoms with Crippen molar-refractivity contribution in [1.82, 2.24) is 9.88 Å². The molecule has 0 atom stereocenters. The van der Waals surface area contributed by atoms with Gasteiger partial charge in [0.1, 0.15) is 0 Å². The molecule has 19 heavy (non-hydrogen) atoms. The molecule has 2 heteroatoms. The second-order valence-corrected chi connectivity index (χ2v) is 5.44.